The van der Waals surface area contributed by atoms with Crippen LogP contribution in [0.15, 0.2) is 78.9 Å². The molecule has 11 heteroatoms. The maximum atomic E-state index is 11.9. The first kappa shape index (κ1) is 45.7. The molecule has 0 amide bonds. The quantitative estimate of drug-likeness (QED) is 0.0433. The van der Waals surface area contributed by atoms with Crippen LogP contribution in [-0.4, -0.2) is 60.8 Å². The van der Waals surface area contributed by atoms with Crippen LogP contribution >= 0.6 is 0 Å². The molecule has 0 bridgehead atoms. The molecule has 0 aromatic heterocycles. The summed E-state index contributed by atoms with van der Waals surface area (Å²) in [6.45, 7) is 0. The summed E-state index contributed by atoms with van der Waals surface area (Å²) in [5.41, 5.74) is 1.61. The predicted octanol–water partition coefficient (Wildman–Crippen LogP) is 9.29. The fourth-order valence-corrected chi connectivity index (χ4v) is 5.16. The molecule has 11 nitrogen and oxygen atoms in total. The molecular weight excluding hydrogens is 680 g/mol. The Morgan fingerprint density at radius 1 is 0.358 bits per heavy atom. The van der Waals surface area contributed by atoms with E-state index in [1.165, 1.54) is 18.2 Å². The first-order valence-corrected chi connectivity index (χ1v) is 18.3. The number of phenols is 2. The van der Waals surface area contributed by atoms with Crippen molar-refractivity contribution in [1.82, 2.24) is 0 Å². The average molecular weight is 735 g/mol. The highest BCUT2D eigenvalue weighted by Crippen LogP contribution is 2.19. The van der Waals surface area contributed by atoms with Crippen LogP contribution in [0, 0.1) is 0 Å². The van der Waals surface area contributed by atoms with Gasteiger partial charge in [-0.05, 0) is 62.1 Å². The molecule has 0 heterocycles. The summed E-state index contributed by atoms with van der Waals surface area (Å²) in [5, 5.41) is 44.0. The zero-order chi connectivity index (χ0) is 39.3. The second-order valence-electron chi connectivity index (χ2n) is 12.6. The molecule has 5 N–H and O–H groups in total. The topological polar surface area (TPSA) is 204 Å². The van der Waals surface area contributed by atoms with Crippen molar-refractivity contribution in [3.63, 3.8) is 0 Å². The number of phenolic OH excluding ortho intramolecular Hbond substituents is 2. The van der Waals surface area contributed by atoms with Crippen molar-refractivity contribution in [1.29, 1.82) is 0 Å². The molecule has 0 spiro atoms. The Morgan fingerprint density at radius 2 is 0.736 bits per heavy atom. The Morgan fingerprint density at radius 3 is 1.21 bits per heavy atom. The first-order chi connectivity index (χ1) is 25.4. The third-order valence-electron chi connectivity index (χ3n) is 8.14. The highest BCUT2D eigenvalue weighted by atomic mass is 16.4. The van der Waals surface area contributed by atoms with Gasteiger partial charge in [-0.2, -0.15) is 0 Å². The van der Waals surface area contributed by atoms with Gasteiger partial charge < -0.3 is 25.5 Å². The highest BCUT2D eigenvalue weighted by Gasteiger charge is 2.10. The number of carbonyl (C=O) groups excluding carboxylic acids is 3. The smallest absolute Gasteiger partial charge is 0.303 e. The van der Waals surface area contributed by atoms with E-state index in [-0.39, 0.29) is 54.5 Å². The monoisotopic (exact) mass is 734 g/mol. The average Bonchev–Trinajstić information content (AvgIpc) is 3.13. The van der Waals surface area contributed by atoms with Gasteiger partial charge in [0.25, 0.3) is 0 Å². The van der Waals surface area contributed by atoms with Gasteiger partial charge in [-0.3, -0.25) is 28.8 Å². The van der Waals surface area contributed by atoms with Crippen molar-refractivity contribution >= 4 is 35.3 Å². The van der Waals surface area contributed by atoms with Gasteiger partial charge in [-0.1, -0.05) is 93.8 Å². The number of rotatable bonds is 24. The SMILES string of the molecule is O=C(O)CCC(=O)c1ccccc1.O=C(O)CCCCCCCCC(=O)c1ccc(O)cc1.O=C(O)CCCCCCCCC(=O)c1ccccc1O. The van der Waals surface area contributed by atoms with Crippen LogP contribution in [0.4, 0.5) is 0 Å². The molecule has 288 valence electrons. The number of hydrogen-bond donors (Lipinski definition) is 5. The molecule has 0 unspecified atom stereocenters. The number of aliphatic carboxylic acids is 3. The van der Waals surface area contributed by atoms with Crippen LogP contribution in [0.3, 0.4) is 0 Å². The van der Waals surface area contributed by atoms with E-state index in [1.54, 1.807) is 54.6 Å². The third-order valence-corrected chi connectivity index (χ3v) is 8.14. The van der Waals surface area contributed by atoms with E-state index in [0.29, 0.717) is 29.5 Å². The van der Waals surface area contributed by atoms with Crippen molar-refractivity contribution in [2.75, 3.05) is 0 Å². The van der Waals surface area contributed by atoms with Gasteiger partial charge in [0.1, 0.15) is 11.5 Å². The minimum atomic E-state index is -0.940. The van der Waals surface area contributed by atoms with Gasteiger partial charge in [0, 0.05) is 43.2 Å². The van der Waals surface area contributed by atoms with Crippen LogP contribution in [0.1, 0.15) is 147 Å². The Labute approximate surface area is 311 Å². The van der Waals surface area contributed by atoms with Crippen LogP contribution in [-0.2, 0) is 14.4 Å². The Hall–Kier alpha value is -5.32. The zero-order valence-electron chi connectivity index (χ0n) is 30.4. The van der Waals surface area contributed by atoms with Crippen LogP contribution in [0.2, 0.25) is 0 Å². The largest absolute Gasteiger partial charge is 0.508 e. The molecule has 0 aliphatic heterocycles. The number of carbonyl (C=O) groups is 6. The fraction of sp³-hybridized carbons (Fsp3) is 0.429. The van der Waals surface area contributed by atoms with Gasteiger partial charge in [0.2, 0.25) is 0 Å². The van der Waals surface area contributed by atoms with Crippen LogP contribution < -0.4 is 0 Å². The van der Waals surface area contributed by atoms with E-state index in [1.807, 2.05) is 6.07 Å². The lowest BCUT2D eigenvalue weighted by atomic mass is 10.0. The molecule has 3 rings (SSSR count). The second-order valence-corrected chi connectivity index (χ2v) is 12.6. The molecule has 0 saturated heterocycles. The number of Topliss-reactive ketones (excluding diaryl/α,β-unsaturated/α-hetero) is 3. The lowest BCUT2D eigenvalue weighted by molar-refractivity contribution is -0.138. The summed E-state index contributed by atoms with van der Waals surface area (Å²) in [5.74, 6) is -2.23. The molecule has 3 aromatic rings. The van der Waals surface area contributed by atoms with E-state index >= 15 is 0 Å². The van der Waals surface area contributed by atoms with Crippen molar-refractivity contribution in [3.05, 3.63) is 95.6 Å². The maximum Gasteiger partial charge on any atom is 0.303 e. The number of benzene rings is 3. The molecular formula is C42H54O11. The van der Waals surface area contributed by atoms with Crippen molar-refractivity contribution in [2.24, 2.45) is 0 Å². The van der Waals surface area contributed by atoms with E-state index in [2.05, 4.69) is 0 Å². The highest BCUT2D eigenvalue weighted by molar-refractivity contribution is 5.98. The summed E-state index contributed by atoms with van der Waals surface area (Å²) in [7, 11) is 0. The molecule has 53 heavy (non-hydrogen) atoms. The second kappa shape index (κ2) is 28.3. The van der Waals surface area contributed by atoms with Crippen molar-refractivity contribution < 1.29 is 54.3 Å². The lowest BCUT2D eigenvalue weighted by Crippen LogP contribution is -2.03. The molecule has 0 aliphatic rings. The third kappa shape index (κ3) is 23.7. The summed E-state index contributed by atoms with van der Waals surface area (Å²) in [6, 6.07) is 21.6. The van der Waals surface area contributed by atoms with E-state index in [0.717, 1.165) is 77.0 Å². The Balaban J connectivity index is 0.000000407. The minimum absolute atomic E-state index is 0.0195. The molecule has 0 aliphatic carbocycles. The summed E-state index contributed by atoms with van der Waals surface area (Å²) in [4.78, 5) is 65.8. The van der Waals surface area contributed by atoms with Gasteiger partial charge in [0.05, 0.1) is 12.0 Å². The van der Waals surface area contributed by atoms with E-state index in [9.17, 15) is 33.9 Å². The minimum Gasteiger partial charge on any atom is -0.508 e. The van der Waals surface area contributed by atoms with Crippen LogP contribution in [0.25, 0.3) is 0 Å². The molecule has 3 aromatic carbocycles. The number of aromatic hydroxyl groups is 2. The van der Waals surface area contributed by atoms with E-state index in [4.69, 9.17) is 20.4 Å². The number of unbranched alkanes of at least 4 members (excludes halogenated alkanes) is 10. The molecule has 0 saturated carbocycles. The van der Waals surface area contributed by atoms with Gasteiger partial charge in [-0.15, -0.1) is 0 Å². The van der Waals surface area contributed by atoms with E-state index < -0.39 is 17.9 Å². The fourth-order valence-electron chi connectivity index (χ4n) is 5.16. The van der Waals surface area contributed by atoms with Crippen LogP contribution in [0.5, 0.6) is 11.5 Å². The van der Waals surface area contributed by atoms with Gasteiger partial charge in [0.15, 0.2) is 17.3 Å². The molecule has 0 radical (unpaired) electrons. The summed E-state index contributed by atoms with van der Waals surface area (Å²) in [6.07, 6.45) is 12.5. The summed E-state index contributed by atoms with van der Waals surface area (Å²) >= 11 is 0. The first-order valence-electron chi connectivity index (χ1n) is 18.3. The Bertz CT molecular complexity index is 1530. The summed E-state index contributed by atoms with van der Waals surface area (Å²) < 4.78 is 0. The Kier molecular flexibility index (Phi) is 24.4. The number of para-hydroxylation sites is 1. The van der Waals surface area contributed by atoms with Crippen molar-refractivity contribution in [2.45, 2.75) is 116 Å². The number of carboxylic acid groups (broad SMARTS) is 3. The number of carboxylic acids is 3. The normalized spacial score (nSPS) is 10.2. The number of ketones is 3. The van der Waals surface area contributed by atoms with Crippen molar-refractivity contribution in [3.8, 4) is 11.5 Å². The zero-order valence-corrected chi connectivity index (χ0v) is 30.4. The van der Waals surface area contributed by atoms with Gasteiger partial charge >= 0.3 is 17.9 Å². The number of hydrogen-bond acceptors (Lipinski definition) is 8. The maximum absolute atomic E-state index is 11.9. The molecule has 0 atom stereocenters. The lowest BCUT2D eigenvalue weighted by Gasteiger charge is -2.03. The standard InChI is InChI=1S/2C16H22O4.C10H10O3/c17-14(13-9-7-8-11-15(13)18)10-5-3-1-2-4-6-12-16(19)20;17-14-11-9-13(10-12-14)15(18)7-5-3-1-2-4-6-8-16(19)20;11-9(6-7-10(12)13)8-4-2-1-3-5-8/h7-9,11,18H,1-6,10,12H2,(H,19,20);9-12,17H,1-8H2,(H,19,20);1-5H,6-7H2,(H,12,13). The molecule has 0 fully saturated rings. The predicted molar refractivity (Wildman–Crippen MR) is 202 cm³/mol. The van der Waals surface area contributed by atoms with Gasteiger partial charge in [-0.25, -0.2) is 0 Å².